The van der Waals surface area contributed by atoms with Crippen molar-refractivity contribution < 1.29 is 29.1 Å². The number of amides is 4. The normalized spacial score (nSPS) is 14.6. The number of carboxylic acid groups (broad SMARTS) is 1. The highest BCUT2D eigenvalue weighted by molar-refractivity contribution is 5.95. The van der Waals surface area contributed by atoms with Gasteiger partial charge < -0.3 is 37.5 Å². The van der Waals surface area contributed by atoms with E-state index in [2.05, 4.69) is 20.9 Å². The number of para-hydroxylation sites is 1. The van der Waals surface area contributed by atoms with Gasteiger partial charge in [-0.05, 0) is 23.5 Å². The summed E-state index contributed by atoms with van der Waals surface area (Å²) in [6, 6.07) is 2.73. The highest BCUT2D eigenvalue weighted by Crippen LogP contribution is 2.19. The predicted octanol–water partition coefficient (Wildman–Crippen LogP) is -0.236. The molecule has 9 N–H and O–H groups in total. The molecule has 1 aromatic carbocycles. The number of nitrogens with one attached hydrogen (secondary N) is 4. The summed E-state index contributed by atoms with van der Waals surface area (Å²) in [6.07, 6.45) is 1.08. The third kappa shape index (κ3) is 8.04. The minimum atomic E-state index is -1.57. The Morgan fingerprint density at radius 3 is 2.08 bits per heavy atom. The van der Waals surface area contributed by atoms with E-state index in [1.54, 1.807) is 33.9 Å². The van der Waals surface area contributed by atoms with Crippen molar-refractivity contribution >= 4 is 40.5 Å². The number of primary amides is 1. The van der Waals surface area contributed by atoms with Gasteiger partial charge >= 0.3 is 5.97 Å². The Balaban J connectivity index is 2.33. The number of carbonyl (C=O) groups is 5. The molecule has 4 unspecified atom stereocenters. The van der Waals surface area contributed by atoms with E-state index in [0.717, 1.165) is 10.9 Å². The molecule has 4 atom stereocenters. The van der Waals surface area contributed by atoms with E-state index in [1.807, 2.05) is 24.3 Å². The van der Waals surface area contributed by atoms with Gasteiger partial charge in [0.05, 0.1) is 12.5 Å². The van der Waals surface area contributed by atoms with Crippen molar-refractivity contribution in [2.75, 3.05) is 0 Å². The zero-order chi connectivity index (χ0) is 27.9. The zero-order valence-electron chi connectivity index (χ0n) is 21.4. The number of carboxylic acids is 1. The number of H-pyrrole nitrogens is 1. The number of carbonyl (C=O) groups excluding carboxylic acids is 4. The van der Waals surface area contributed by atoms with Gasteiger partial charge in [-0.25, -0.2) is 4.79 Å². The van der Waals surface area contributed by atoms with E-state index in [-0.39, 0.29) is 18.3 Å². The van der Waals surface area contributed by atoms with E-state index < -0.39 is 60.2 Å². The van der Waals surface area contributed by atoms with Crippen LogP contribution in [0, 0.1) is 11.8 Å². The molecule has 0 aliphatic carbocycles. The fourth-order valence-corrected chi connectivity index (χ4v) is 3.75. The Hall–Kier alpha value is -3.93. The van der Waals surface area contributed by atoms with Crippen LogP contribution in [0.1, 0.15) is 39.7 Å². The molecule has 0 radical (unpaired) electrons. The first-order chi connectivity index (χ1) is 17.3. The van der Waals surface area contributed by atoms with Crippen LogP contribution in [0.15, 0.2) is 30.5 Å². The molecule has 37 heavy (non-hydrogen) atoms. The van der Waals surface area contributed by atoms with E-state index in [0.29, 0.717) is 5.56 Å². The average Bonchev–Trinajstić information content (AvgIpc) is 3.22. The number of hydrogen-bond donors (Lipinski definition) is 7. The van der Waals surface area contributed by atoms with Gasteiger partial charge in [0.15, 0.2) is 0 Å². The second-order valence-electron chi connectivity index (χ2n) is 9.69. The molecule has 12 nitrogen and oxygen atoms in total. The third-order valence-corrected chi connectivity index (χ3v) is 6.02. The van der Waals surface area contributed by atoms with Crippen LogP contribution in [0.25, 0.3) is 10.9 Å². The Kier molecular flexibility index (Phi) is 10.2. The summed E-state index contributed by atoms with van der Waals surface area (Å²) in [7, 11) is 0. The van der Waals surface area contributed by atoms with Crippen LogP contribution in [-0.4, -0.2) is 63.9 Å². The second-order valence-corrected chi connectivity index (χ2v) is 9.69. The van der Waals surface area contributed by atoms with Crippen LogP contribution >= 0.6 is 0 Å². The molecule has 12 heteroatoms. The molecule has 0 aliphatic rings. The zero-order valence-corrected chi connectivity index (χ0v) is 21.4. The van der Waals surface area contributed by atoms with Gasteiger partial charge in [0.1, 0.15) is 18.1 Å². The topological polar surface area (TPSA) is 209 Å². The van der Waals surface area contributed by atoms with E-state index in [4.69, 9.17) is 11.5 Å². The van der Waals surface area contributed by atoms with E-state index in [9.17, 15) is 29.1 Å². The van der Waals surface area contributed by atoms with Crippen LogP contribution in [0.3, 0.4) is 0 Å². The lowest BCUT2D eigenvalue weighted by atomic mass is 9.99. The lowest BCUT2D eigenvalue weighted by molar-refractivity contribution is -0.143. The molecule has 1 heterocycles. The quantitative estimate of drug-likeness (QED) is 0.190. The number of aliphatic carboxylic acids is 1. The molecule has 0 saturated carbocycles. The lowest BCUT2D eigenvalue weighted by Crippen LogP contribution is -2.59. The Bertz CT molecular complexity index is 1140. The number of aromatic amines is 1. The van der Waals surface area contributed by atoms with Gasteiger partial charge in [-0.2, -0.15) is 0 Å². The van der Waals surface area contributed by atoms with Gasteiger partial charge in [0.25, 0.3) is 0 Å². The average molecular weight is 517 g/mol. The summed E-state index contributed by atoms with van der Waals surface area (Å²) in [4.78, 5) is 65.0. The fourth-order valence-electron chi connectivity index (χ4n) is 3.75. The molecule has 202 valence electrons. The fraction of sp³-hybridized carbons (Fsp3) is 0.480. The predicted molar refractivity (Wildman–Crippen MR) is 137 cm³/mol. The maximum Gasteiger partial charge on any atom is 0.326 e. The molecular weight excluding hydrogens is 480 g/mol. The summed E-state index contributed by atoms with van der Waals surface area (Å²) < 4.78 is 0. The first-order valence-electron chi connectivity index (χ1n) is 12.0. The molecule has 2 rings (SSSR count). The van der Waals surface area contributed by atoms with Crippen molar-refractivity contribution in [3.05, 3.63) is 36.0 Å². The maximum absolute atomic E-state index is 13.3. The summed E-state index contributed by atoms with van der Waals surface area (Å²) in [6.45, 7) is 7.02. The van der Waals surface area contributed by atoms with Gasteiger partial charge in [0, 0.05) is 23.5 Å². The summed E-state index contributed by atoms with van der Waals surface area (Å²) in [5.74, 6) is -4.82. The molecule has 0 saturated heterocycles. The first-order valence-corrected chi connectivity index (χ1v) is 12.0. The number of fused-ring (bicyclic) bond motifs is 1. The molecule has 0 fully saturated rings. The van der Waals surface area contributed by atoms with E-state index in [1.165, 1.54) is 0 Å². The second kappa shape index (κ2) is 12.9. The molecule has 1 aromatic heterocycles. The monoisotopic (exact) mass is 516 g/mol. The maximum atomic E-state index is 13.3. The van der Waals surface area contributed by atoms with Gasteiger partial charge in [-0.15, -0.1) is 0 Å². The Morgan fingerprint density at radius 1 is 0.892 bits per heavy atom. The van der Waals surface area contributed by atoms with Crippen LogP contribution in [0.5, 0.6) is 0 Å². The molecule has 2 aromatic rings. The van der Waals surface area contributed by atoms with Crippen LogP contribution in [0.2, 0.25) is 0 Å². The molecule has 0 spiro atoms. The van der Waals surface area contributed by atoms with Crippen molar-refractivity contribution in [3.8, 4) is 0 Å². The van der Waals surface area contributed by atoms with Gasteiger partial charge in [-0.1, -0.05) is 45.9 Å². The van der Waals surface area contributed by atoms with Gasteiger partial charge in [0.2, 0.25) is 23.6 Å². The number of aromatic nitrogens is 1. The highest BCUT2D eigenvalue weighted by atomic mass is 16.4. The van der Waals surface area contributed by atoms with Crippen LogP contribution < -0.4 is 27.4 Å². The number of rotatable bonds is 13. The van der Waals surface area contributed by atoms with Crippen molar-refractivity contribution in [3.63, 3.8) is 0 Å². The minimum absolute atomic E-state index is 0.00870. The SMILES string of the molecule is CC(C)C(N)C(=O)NC(C(=O)NC(Cc1c[nH]c2ccccc12)C(=O)NC(CC(N)=O)C(=O)O)C(C)C. The van der Waals surface area contributed by atoms with Crippen LogP contribution in [-0.2, 0) is 30.4 Å². The molecule has 0 aliphatic heterocycles. The molecule has 4 amide bonds. The van der Waals surface area contributed by atoms with E-state index >= 15 is 0 Å². The van der Waals surface area contributed by atoms with Gasteiger partial charge in [-0.3, -0.25) is 19.2 Å². The van der Waals surface area contributed by atoms with Crippen molar-refractivity contribution in [1.29, 1.82) is 0 Å². The largest absolute Gasteiger partial charge is 0.480 e. The standard InChI is InChI=1S/C25H36N6O6/c1-12(2)20(27)23(34)31-21(13(3)4)24(35)29-17(22(33)30-18(25(36)37)10-19(26)32)9-14-11-28-16-8-6-5-7-15(14)16/h5-8,11-13,17-18,20-21,28H,9-10,27H2,1-4H3,(H2,26,32)(H,29,35)(H,30,33)(H,31,34)(H,36,37). The molecule has 0 bridgehead atoms. The summed E-state index contributed by atoms with van der Waals surface area (Å²) >= 11 is 0. The highest BCUT2D eigenvalue weighted by Gasteiger charge is 2.33. The smallest absolute Gasteiger partial charge is 0.326 e. The van der Waals surface area contributed by atoms with Crippen molar-refractivity contribution in [2.45, 2.75) is 64.7 Å². The first kappa shape index (κ1) is 29.3. The Morgan fingerprint density at radius 2 is 1.51 bits per heavy atom. The number of hydrogen-bond acceptors (Lipinski definition) is 6. The van der Waals surface area contributed by atoms with Crippen molar-refractivity contribution in [2.24, 2.45) is 23.3 Å². The summed E-state index contributed by atoms with van der Waals surface area (Å²) in [5, 5.41) is 17.8. The van der Waals surface area contributed by atoms with Crippen LogP contribution in [0.4, 0.5) is 0 Å². The summed E-state index contributed by atoms with van der Waals surface area (Å²) in [5.41, 5.74) is 12.6. The molecular formula is C25H36N6O6. The number of benzene rings is 1. The van der Waals surface area contributed by atoms with Crippen molar-refractivity contribution in [1.82, 2.24) is 20.9 Å². The minimum Gasteiger partial charge on any atom is -0.480 e. The number of nitrogens with two attached hydrogens (primary N) is 2. The third-order valence-electron chi connectivity index (χ3n) is 6.02. The Labute approximate surface area is 214 Å². The lowest BCUT2D eigenvalue weighted by Gasteiger charge is -2.27.